The molecule has 0 aromatic rings. The van der Waals surface area contributed by atoms with Crippen LogP contribution in [0.15, 0.2) is 0 Å². The summed E-state index contributed by atoms with van der Waals surface area (Å²) in [5.74, 6) is 0. The maximum absolute atomic E-state index is 5.06. The number of methoxy groups -OCH3 is 2. The van der Waals surface area contributed by atoms with Crippen molar-refractivity contribution >= 4 is 0 Å². The van der Waals surface area contributed by atoms with Gasteiger partial charge in [-0.25, -0.2) is 0 Å². The molecule has 0 amide bonds. The molecule has 0 saturated heterocycles. The SMILES string of the molecule is CC[N+](C)(CCOC)CCOC. The predicted molar refractivity (Wildman–Crippen MR) is 50.2 cm³/mol. The fraction of sp³-hybridized carbons (Fsp3) is 1.00. The van der Waals surface area contributed by atoms with E-state index in [0.29, 0.717) is 0 Å². The molecule has 0 aliphatic carbocycles. The Bertz CT molecular complexity index is 98.7. The molecule has 0 unspecified atom stereocenters. The minimum Gasteiger partial charge on any atom is -0.379 e. The molecule has 3 heteroatoms. The second kappa shape index (κ2) is 6.40. The van der Waals surface area contributed by atoms with Gasteiger partial charge in [0.1, 0.15) is 13.1 Å². The van der Waals surface area contributed by atoms with Gasteiger partial charge in [0.15, 0.2) is 0 Å². The number of hydrogen-bond acceptors (Lipinski definition) is 2. The van der Waals surface area contributed by atoms with Crippen LogP contribution in [-0.4, -0.2) is 58.6 Å². The molecule has 0 saturated carbocycles. The summed E-state index contributed by atoms with van der Waals surface area (Å²) in [6, 6.07) is 0. The number of likely N-dealkylation sites (N-methyl/N-ethyl adjacent to an activating group) is 1. The first-order valence-electron chi connectivity index (χ1n) is 4.50. The second-order valence-corrected chi connectivity index (χ2v) is 3.37. The van der Waals surface area contributed by atoms with E-state index in [1.54, 1.807) is 14.2 Å². The van der Waals surface area contributed by atoms with Crippen molar-refractivity contribution in [1.82, 2.24) is 0 Å². The van der Waals surface area contributed by atoms with Gasteiger partial charge in [-0.1, -0.05) is 0 Å². The van der Waals surface area contributed by atoms with Crippen molar-refractivity contribution in [2.24, 2.45) is 0 Å². The lowest BCUT2D eigenvalue weighted by Gasteiger charge is -2.32. The molecule has 74 valence electrons. The van der Waals surface area contributed by atoms with Crippen LogP contribution in [0.3, 0.4) is 0 Å². The molecular weight excluding hydrogens is 154 g/mol. The first-order chi connectivity index (χ1) is 5.68. The summed E-state index contributed by atoms with van der Waals surface area (Å²) < 4.78 is 11.2. The first-order valence-corrected chi connectivity index (χ1v) is 4.50. The van der Waals surface area contributed by atoms with E-state index in [1.165, 1.54) is 0 Å². The molecule has 0 fully saturated rings. The zero-order valence-electron chi connectivity index (χ0n) is 8.80. The van der Waals surface area contributed by atoms with Crippen molar-refractivity contribution in [2.75, 3.05) is 54.1 Å². The van der Waals surface area contributed by atoms with Gasteiger partial charge in [-0.2, -0.15) is 0 Å². The summed E-state index contributed by atoms with van der Waals surface area (Å²) in [6.07, 6.45) is 0. The number of rotatable bonds is 7. The number of ether oxygens (including phenoxy) is 2. The quantitative estimate of drug-likeness (QED) is 0.533. The molecule has 0 aromatic carbocycles. The maximum Gasteiger partial charge on any atom is 0.102 e. The summed E-state index contributed by atoms with van der Waals surface area (Å²) in [7, 11) is 5.73. The Kier molecular flexibility index (Phi) is 6.34. The van der Waals surface area contributed by atoms with Crippen LogP contribution in [0.25, 0.3) is 0 Å². The van der Waals surface area contributed by atoms with Crippen LogP contribution in [0, 0.1) is 0 Å². The van der Waals surface area contributed by atoms with Crippen LogP contribution >= 0.6 is 0 Å². The van der Waals surface area contributed by atoms with Gasteiger partial charge in [-0.05, 0) is 6.92 Å². The topological polar surface area (TPSA) is 18.5 Å². The average molecular weight is 176 g/mol. The minimum atomic E-state index is 0.827. The fourth-order valence-electron chi connectivity index (χ4n) is 1.05. The molecule has 0 aliphatic rings. The zero-order chi connectivity index (χ0) is 9.45. The van der Waals surface area contributed by atoms with Gasteiger partial charge in [0.2, 0.25) is 0 Å². The molecule has 0 radical (unpaired) electrons. The Morgan fingerprint density at radius 1 is 1.00 bits per heavy atom. The fourth-order valence-corrected chi connectivity index (χ4v) is 1.05. The summed E-state index contributed by atoms with van der Waals surface area (Å²) in [5, 5.41) is 0. The molecule has 0 spiro atoms. The zero-order valence-corrected chi connectivity index (χ0v) is 8.80. The lowest BCUT2D eigenvalue weighted by molar-refractivity contribution is -0.908. The van der Waals surface area contributed by atoms with E-state index in [9.17, 15) is 0 Å². The van der Waals surface area contributed by atoms with Gasteiger partial charge in [0.05, 0.1) is 26.8 Å². The number of quaternary nitrogens is 1. The van der Waals surface area contributed by atoms with Crippen molar-refractivity contribution < 1.29 is 14.0 Å². The largest absolute Gasteiger partial charge is 0.379 e. The van der Waals surface area contributed by atoms with Crippen LogP contribution in [0.1, 0.15) is 6.92 Å². The van der Waals surface area contributed by atoms with Crippen LogP contribution in [-0.2, 0) is 9.47 Å². The standard InChI is InChI=1S/C9H22NO2/c1-5-10(2,6-8-11-3)7-9-12-4/h5-9H2,1-4H3/q+1. The summed E-state index contributed by atoms with van der Waals surface area (Å²) >= 11 is 0. The average Bonchev–Trinajstić information content (AvgIpc) is 2.11. The highest BCUT2D eigenvalue weighted by molar-refractivity contribution is 4.36. The van der Waals surface area contributed by atoms with Crippen molar-refractivity contribution in [3.05, 3.63) is 0 Å². The monoisotopic (exact) mass is 176 g/mol. The van der Waals surface area contributed by atoms with Crippen molar-refractivity contribution in [3.63, 3.8) is 0 Å². The highest BCUT2D eigenvalue weighted by Gasteiger charge is 2.17. The molecule has 0 aromatic heterocycles. The Morgan fingerprint density at radius 2 is 1.42 bits per heavy atom. The molecule has 0 aliphatic heterocycles. The molecule has 0 N–H and O–H groups in total. The van der Waals surface area contributed by atoms with E-state index in [2.05, 4.69) is 14.0 Å². The van der Waals surface area contributed by atoms with E-state index in [0.717, 1.165) is 37.3 Å². The van der Waals surface area contributed by atoms with Crippen molar-refractivity contribution in [3.8, 4) is 0 Å². The molecule has 0 bridgehead atoms. The van der Waals surface area contributed by atoms with Gasteiger partial charge >= 0.3 is 0 Å². The Morgan fingerprint density at radius 3 is 1.67 bits per heavy atom. The van der Waals surface area contributed by atoms with E-state index in [-0.39, 0.29) is 0 Å². The van der Waals surface area contributed by atoms with Gasteiger partial charge in [0.25, 0.3) is 0 Å². The van der Waals surface area contributed by atoms with E-state index >= 15 is 0 Å². The van der Waals surface area contributed by atoms with E-state index in [1.807, 2.05) is 0 Å². The predicted octanol–water partition coefficient (Wildman–Crippen LogP) is 0.746. The number of nitrogens with zero attached hydrogens (tertiary/aromatic N) is 1. The lowest BCUT2D eigenvalue weighted by Crippen LogP contribution is -2.48. The van der Waals surface area contributed by atoms with Gasteiger partial charge in [-0.15, -0.1) is 0 Å². The summed E-state index contributed by atoms with van der Waals surface area (Å²) in [5.41, 5.74) is 0. The summed E-state index contributed by atoms with van der Waals surface area (Å²) in [4.78, 5) is 0. The smallest absolute Gasteiger partial charge is 0.102 e. The third-order valence-electron chi connectivity index (χ3n) is 2.43. The highest BCUT2D eigenvalue weighted by Crippen LogP contribution is 2.00. The van der Waals surface area contributed by atoms with Gasteiger partial charge in [0, 0.05) is 14.2 Å². The molecular formula is C9H22NO2+. The lowest BCUT2D eigenvalue weighted by atomic mass is 10.4. The van der Waals surface area contributed by atoms with Gasteiger partial charge in [-0.3, -0.25) is 0 Å². The highest BCUT2D eigenvalue weighted by atomic mass is 16.5. The van der Waals surface area contributed by atoms with Gasteiger partial charge < -0.3 is 14.0 Å². The molecule has 3 nitrogen and oxygen atoms in total. The van der Waals surface area contributed by atoms with Crippen molar-refractivity contribution in [1.29, 1.82) is 0 Å². The number of hydrogen-bond donors (Lipinski definition) is 0. The normalized spacial score (nSPS) is 12.0. The first kappa shape index (κ1) is 11.9. The van der Waals surface area contributed by atoms with Crippen LogP contribution in [0.2, 0.25) is 0 Å². The maximum atomic E-state index is 5.06. The molecule has 0 heterocycles. The van der Waals surface area contributed by atoms with Crippen molar-refractivity contribution in [2.45, 2.75) is 6.92 Å². The Labute approximate surface area is 75.9 Å². The second-order valence-electron chi connectivity index (χ2n) is 3.37. The molecule has 0 rings (SSSR count). The van der Waals surface area contributed by atoms with E-state index in [4.69, 9.17) is 9.47 Å². The van der Waals surface area contributed by atoms with Crippen LogP contribution in [0.4, 0.5) is 0 Å². The Balaban J connectivity index is 3.70. The van der Waals surface area contributed by atoms with E-state index < -0.39 is 0 Å². The third kappa shape index (κ3) is 4.70. The van der Waals surface area contributed by atoms with Crippen LogP contribution < -0.4 is 0 Å². The van der Waals surface area contributed by atoms with Crippen LogP contribution in [0.5, 0.6) is 0 Å². The molecule has 0 atom stereocenters. The minimum absolute atomic E-state index is 0.827. The molecule has 12 heavy (non-hydrogen) atoms. The third-order valence-corrected chi connectivity index (χ3v) is 2.43. The Hall–Kier alpha value is -0.120. The summed E-state index contributed by atoms with van der Waals surface area (Å²) in [6.45, 7) is 7.12.